The molecular formula is C39H40N4O13. The zero-order chi connectivity index (χ0) is 39.2. The topological polar surface area (TPSA) is 196 Å². The van der Waals surface area contributed by atoms with Gasteiger partial charge in [0, 0.05) is 61.7 Å². The molecule has 0 unspecified atom stereocenters. The lowest BCUT2D eigenvalue weighted by atomic mass is 10.3. The number of hydrogen-bond donors (Lipinski definition) is 0. The van der Waals surface area contributed by atoms with Gasteiger partial charge in [0.15, 0.2) is 0 Å². The summed E-state index contributed by atoms with van der Waals surface area (Å²) in [4.78, 5) is 95.6. The summed E-state index contributed by atoms with van der Waals surface area (Å²) in [5.41, 5.74) is 0.986. The van der Waals surface area contributed by atoms with Crippen LogP contribution in [0.3, 0.4) is 0 Å². The van der Waals surface area contributed by atoms with Crippen LogP contribution in [-0.2, 0) is 52.6 Å². The number of amides is 8. The van der Waals surface area contributed by atoms with Crippen LogP contribution < -0.4 is 19.3 Å². The molecule has 0 bridgehead atoms. The lowest BCUT2D eigenvalue weighted by Crippen LogP contribution is -2.40. The summed E-state index contributed by atoms with van der Waals surface area (Å²) in [7, 11) is 0. The Kier molecular flexibility index (Phi) is 15.6. The first kappa shape index (κ1) is 42.2. The largest absolute Gasteiger partial charge is 0.491 e. The van der Waals surface area contributed by atoms with Crippen molar-refractivity contribution >= 4 is 58.6 Å². The van der Waals surface area contributed by atoms with Crippen LogP contribution in [0.5, 0.6) is 11.5 Å². The molecule has 0 spiro atoms. The molecule has 17 nitrogen and oxygen atoms in total. The van der Waals surface area contributed by atoms with Crippen molar-refractivity contribution in [2.75, 3.05) is 75.7 Å². The first-order valence-corrected chi connectivity index (χ1v) is 17.0. The molecule has 0 saturated heterocycles. The molecule has 0 aliphatic carbocycles. The summed E-state index contributed by atoms with van der Waals surface area (Å²) in [5.74, 6) is -1.91. The van der Waals surface area contributed by atoms with E-state index >= 15 is 0 Å². The number of anilines is 2. The number of carbonyl (C=O) groups is 8. The second-order valence-electron chi connectivity index (χ2n) is 11.5. The number of benzene rings is 2. The van der Waals surface area contributed by atoms with Crippen LogP contribution in [0, 0.1) is 0 Å². The zero-order valence-corrected chi connectivity index (χ0v) is 29.4. The fraction of sp³-hybridized carbons (Fsp3) is 0.282. The monoisotopic (exact) mass is 772 g/mol. The maximum atomic E-state index is 11.7. The summed E-state index contributed by atoms with van der Waals surface area (Å²) < 4.78 is 27.6. The highest BCUT2D eigenvalue weighted by Crippen LogP contribution is 2.23. The molecule has 0 saturated carbocycles. The van der Waals surface area contributed by atoms with Gasteiger partial charge >= 0.3 is 0 Å². The third kappa shape index (κ3) is 11.5. The predicted molar refractivity (Wildman–Crippen MR) is 198 cm³/mol. The Morgan fingerprint density at radius 2 is 0.589 bits per heavy atom. The van der Waals surface area contributed by atoms with Crippen LogP contribution in [0.2, 0.25) is 0 Å². The van der Waals surface area contributed by atoms with Gasteiger partial charge in [-0.15, -0.1) is 0 Å². The van der Waals surface area contributed by atoms with Crippen molar-refractivity contribution in [3.63, 3.8) is 0 Å². The predicted octanol–water partition coefficient (Wildman–Crippen LogP) is 1.53. The van der Waals surface area contributed by atoms with Crippen LogP contribution in [0.15, 0.2) is 97.1 Å². The SMILES string of the molecule is C.O=C1C=CC(=O)N1CCN1C(=O)C=CC1=O.O=C1C=CC(=O)N1c1ccc(OCCOCCOCCOCCOc2ccc(N3C(=O)C=CC3=O)cc2)cc1. The molecule has 2 aromatic carbocycles. The number of ether oxygens (including phenoxy) is 5. The molecule has 4 heterocycles. The van der Waals surface area contributed by atoms with Gasteiger partial charge in [0.25, 0.3) is 47.3 Å². The highest BCUT2D eigenvalue weighted by molar-refractivity contribution is 6.28. The molecule has 0 N–H and O–H groups in total. The van der Waals surface area contributed by atoms with E-state index in [0.29, 0.717) is 75.7 Å². The van der Waals surface area contributed by atoms with Crippen molar-refractivity contribution in [2.24, 2.45) is 0 Å². The highest BCUT2D eigenvalue weighted by Gasteiger charge is 2.28. The van der Waals surface area contributed by atoms with Crippen molar-refractivity contribution in [3.05, 3.63) is 97.1 Å². The van der Waals surface area contributed by atoms with Gasteiger partial charge in [0.05, 0.1) is 51.0 Å². The van der Waals surface area contributed by atoms with E-state index in [1.807, 2.05) is 0 Å². The van der Waals surface area contributed by atoms with E-state index in [1.165, 1.54) is 24.3 Å². The fourth-order valence-corrected chi connectivity index (χ4v) is 5.17. The number of nitrogens with zero attached hydrogens (tertiary/aromatic N) is 4. The smallest absolute Gasteiger partial charge is 0.258 e. The molecule has 0 fully saturated rings. The summed E-state index contributed by atoms with van der Waals surface area (Å²) in [5, 5.41) is 0. The van der Waals surface area contributed by atoms with E-state index < -0.39 is 23.6 Å². The summed E-state index contributed by atoms with van der Waals surface area (Å²) in [6, 6.07) is 13.4. The zero-order valence-electron chi connectivity index (χ0n) is 29.4. The van der Waals surface area contributed by atoms with E-state index in [0.717, 1.165) is 43.9 Å². The molecule has 294 valence electrons. The van der Waals surface area contributed by atoms with Gasteiger partial charge in [0.1, 0.15) is 24.7 Å². The molecule has 0 radical (unpaired) electrons. The van der Waals surface area contributed by atoms with Gasteiger partial charge < -0.3 is 23.7 Å². The van der Waals surface area contributed by atoms with Crippen LogP contribution in [0.4, 0.5) is 11.4 Å². The second kappa shape index (κ2) is 20.8. The Balaban J connectivity index is 0.000000342. The van der Waals surface area contributed by atoms with Gasteiger partial charge in [-0.3, -0.25) is 48.2 Å². The van der Waals surface area contributed by atoms with Gasteiger partial charge in [-0.2, -0.15) is 0 Å². The standard InChI is InChI=1S/C28H28N2O9.C10H8N2O4.CH4/c31-25-9-10-26(32)29(25)21-1-5-23(6-2-21)38-19-17-36-15-13-35-14-16-37-18-20-39-24-7-3-22(4-8-24)30-27(33)11-12-28(30)34;13-7-1-2-8(14)11(7)5-6-12-9(15)3-4-10(12)16;/h1-12H,13-20H2;1-4H,5-6H2;1H4. The molecule has 0 atom stereocenters. The minimum absolute atomic E-state index is 0. The number of carbonyl (C=O) groups excluding carboxylic acids is 8. The molecule has 4 aliphatic rings. The lowest BCUT2D eigenvalue weighted by molar-refractivity contribution is -0.142. The highest BCUT2D eigenvalue weighted by atomic mass is 16.6. The quantitative estimate of drug-likeness (QED) is 0.148. The first-order valence-electron chi connectivity index (χ1n) is 17.0. The Labute approximate surface area is 321 Å². The molecule has 6 rings (SSSR count). The minimum atomic E-state index is -0.419. The van der Waals surface area contributed by atoms with Crippen molar-refractivity contribution < 1.29 is 62.0 Å². The van der Waals surface area contributed by atoms with Crippen molar-refractivity contribution in [1.29, 1.82) is 0 Å². The molecule has 0 aromatic heterocycles. The van der Waals surface area contributed by atoms with E-state index in [2.05, 4.69) is 0 Å². The molecule has 4 aliphatic heterocycles. The molecule has 2 aromatic rings. The average Bonchev–Trinajstić information content (AvgIpc) is 3.91. The van der Waals surface area contributed by atoms with E-state index in [1.54, 1.807) is 48.5 Å². The first-order chi connectivity index (χ1) is 26.6. The number of imide groups is 4. The molecule has 17 heteroatoms. The normalized spacial score (nSPS) is 15.8. The summed E-state index contributed by atoms with van der Waals surface area (Å²) in [6.45, 7) is 3.20. The lowest BCUT2D eigenvalue weighted by Gasteiger charge is -2.18. The third-order valence-corrected chi connectivity index (χ3v) is 7.89. The van der Waals surface area contributed by atoms with E-state index in [4.69, 9.17) is 23.7 Å². The Morgan fingerprint density at radius 3 is 0.875 bits per heavy atom. The number of rotatable bonds is 19. The van der Waals surface area contributed by atoms with Gasteiger partial charge in [-0.25, -0.2) is 9.80 Å². The third-order valence-electron chi connectivity index (χ3n) is 7.89. The summed E-state index contributed by atoms with van der Waals surface area (Å²) >= 11 is 0. The van der Waals surface area contributed by atoms with Crippen LogP contribution >= 0.6 is 0 Å². The van der Waals surface area contributed by atoms with Gasteiger partial charge in [0.2, 0.25) is 0 Å². The Bertz CT molecular complexity index is 1710. The molecular weight excluding hydrogens is 732 g/mol. The van der Waals surface area contributed by atoms with Crippen molar-refractivity contribution in [3.8, 4) is 11.5 Å². The van der Waals surface area contributed by atoms with E-state index in [-0.39, 0.29) is 44.1 Å². The second-order valence-corrected chi connectivity index (χ2v) is 11.5. The van der Waals surface area contributed by atoms with Crippen molar-refractivity contribution in [1.82, 2.24) is 9.80 Å². The van der Waals surface area contributed by atoms with E-state index in [9.17, 15) is 38.4 Å². The minimum Gasteiger partial charge on any atom is -0.491 e. The van der Waals surface area contributed by atoms with Gasteiger partial charge in [-0.1, -0.05) is 7.43 Å². The summed E-state index contributed by atoms with van der Waals surface area (Å²) in [6.07, 6.45) is 9.61. The fourth-order valence-electron chi connectivity index (χ4n) is 5.17. The van der Waals surface area contributed by atoms with Crippen LogP contribution in [0.1, 0.15) is 7.43 Å². The maximum Gasteiger partial charge on any atom is 0.258 e. The number of hydrogen-bond acceptors (Lipinski definition) is 13. The van der Waals surface area contributed by atoms with Crippen molar-refractivity contribution in [2.45, 2.75) is 7.43 Å². The van der Waals surface area contributed by atoms with Crippen LogP contribution in [-0.4, -0.2) is 123 Å². The van der Waals surface area contributed by atoms with Gasteiger partial charge in [-0.05, 0) is 48.5 Å². The maximum absolute atomic E-state index is 11.7. The molecule has 8 amide bonds. The molecule has 56 heavy (non-hydrogen) atoms. The Hall–Kier alpha value is -6.56. The average molecular weight is 773 g/mol. The van der Waals surface area contributed by atoms with Crippen LogP contribution in [0.25, 0.3) is 0 Å². The Morgan fingerprint density at radius 1 is 0.339 bits per heavy atom.